The van der Waals surface area contributed by atoms with Crippen LogP contribution >= 0.6 is 0 Å². The minimum Gasteiger partial charge on any atom is -0.497 e. The minimum absolute atomic E-state index is 0.510. The maximum atomic E-state index is 5.92. The predicted octanol–water partition coefficient (Wildman–Crippen LogP) is 6.67. The Balaban J connectivity index is 1.26. The number of methoxy groups -OCH3 is 3. The molecule has 4 aromatic rings. The molecule has 0 aliphatic carbocycles. The lowest BCUT2D eigenvalue weighted by molar-refractivity contribution is 0.00702. The first kappa shape index (κ1) is 30.9. The van der Waals surface area contributed by atoms with Crippen molar-refractivity contribution in [2.45, 2.75) is 26.3 Å². The molecule has 0 radical (unpaired) electrons. The highest BCUT2D eigenvalue weighted by Gasteiger charge is 2.11. The van der Waals surface area contributed by atoms with E-state index in [0.717, 1.165) is 47.2 Å². The monoisotopic (exact) mass is 571 g/mol. The number of hydrogen-bond donors (Lipinski definition) is 0. The van der Waals surface area contributed by atoms with Crippen molar-refractivity contribution in [1.29, 1.82) is 0 Å². The number of anilines is 1. The fourth-order valence-electron chi connectivity index (χ4n) is 4.54. The molecule has 4 aromatic carbocycles. The van der Waals surface area contributed by atoms with Gasteiger partial charge in [0, 0.05) is 18.8 Å². The van der Waals surface area contributed by atoms with E-state index in [1.54, 1.807) is 21.3 Å². The summed E-state index contributed by atoms with van der Waals surface area (Å²) in [4.78, 5) is 2.35. The highest BCUT2D eigenvalue weighted by Crippen LogP contribution is 2.25. The van der Waals surface area contributed by atoms with Crippen LogP contribution in [0.4, 0.5) is 5.69 Å². The number of ether oxygens (including phenoxy) is 6. The molecule has 0 heterocycles. The number of nitrogens with zero attached hydrogens (tertiary/aromatic N) is 1. The topological polar surface area (TPSA) is 58.6 Å². The van der Waals surface area contributed by atoms with Crippen LogP contribution in [-0.4, -0.2) is 47.8 Å². The van der Waals surface area contributed by atoms with E-state index in [1.165, 1.54) is 11.1 Å². The fourth-order valence-corrected chi connectivity index (χ4v) is 4.54. The third-order valence-electron chi connectivity index (χ3n) is 6.71. The summed E-state index contributed by atoms with van der Waals surface area (Å²) in [6.45, 7) is 4.56. The summed E-state index contributed by atoms with van der Waals surface area (Å²) in [5, 5.41) is 0. The van der Waals surface area contributed by atoms with E-state index >= 15 is 0 Å². The van der Waals surface area contributed by atoms with Crippen LogP contribution in [0.15, 0.2) is 97.1 Å². The average molecular weight is 572 g/mol. The zero-order valence-corrected chi connectivity index (χ0v) is 24.8. The normalized spacial score (nSPS) is 10.8. The van der Waals surface area contributed by atoms with Crippen molar-refractivity contribution in [3.8, 4) is 17.2 Å². The molecule has 0 saturated carbocycles. The van der Waals surface area contributed by atoms with Crippen molar-refractivity contribution in [2.75, 3.05) is 52.7 Å². The Hall–Kier alpha value is -4.04. The Kier molecular flexibility index (Phi) is 12.5. The molecule has 0 aromatic heterocycles. The zero-order valence-electron chi connectivity index (χ0n) is 24.8. The van der Waals surface area contributed by atoms with Gasteiger partial charge in [-0.15, -0.1) is 0 Å². The van der Waals surface area contributed by atoms with Gasteiger partial charge in [0.05, 0.1) is 61.0 Å². The highest BCUT2D eigenvalue weighted by molar-refractivity contribution is 5.50. The van der Waals surface area contributed by atoms with Gasteiger partial charge in [-0.05, 0) is 70.8 Å². The molecule has 0 aliphatic rings. The minimum atomic E-state index is 0.510. The number of rotatable bonds is 18. The second-order valence-electron chi connectivity index (χ2n) is 9.80. The molecular formula is C35H41NO6. The SMILES string of the molecule is COc1cccc(COCCOCCOCc2cccc(N(Cc3cccc(OC)c3)Cc3cccc(OC)c3)c2)c1. The Morgan fingerprint density at radius 3 is 1.36 bits per heavy atom. The quantitative estimate of drug-likeness (QED) is 0.124. The van der Waals surface area contributed by atoms with E-state index in [2.05, 4.69) is 53.4 Å². The fraction of sp³-hybridized carbons (Fsp3) is 0.314. The lowest BCUT2D eigenvalue weighted by atomic mass is 10.1. The zero-order chi connectivity index (χ0) is 29.4. The molecule has 0 bridgehead atoms. The molecule has 222 valence electrons. The molecule has 0 saturated heterocycles. The van der Waals surface area contributed by atoms with Crippen LogP contribution in [0.1, 0.15) is 22.3 Å². The van der Waals surface area contributed by atoms with Crippen LogP contribution in [0, 0.1) is 0 Å². The molecule has 0 fully saturated rings. The summed E-state index contributed by atoms with van der Waals surface area (Å²) >= 11 is 0. The standard InChI is InChI=1S/C35H41NO6/c1-37-33-13-5-8-28(21-33)24-36(25-29-9-6-14-34(22-29)38-2)32-12-4-10-30(20-32)26-41-18-16-40-17-19-42-27-31-11-7-15-35(23-31)39-3/h4-15,20-23H,16-19,24-27H2,1-3H3. The maximum Gasteiger partial charge on any atom is 0.119 e. The Labute approximate surface area is 249 Å². The van der Waals surface area contributed by atoms with Crippen LogP contribution in [0.2, 0.25) is 0 Å². The summed E-state index contributed by atoms with van der Waals surface area (Å²) < 4.78 is 33.5. The van der Waals surface area contributed by atoms with Gasteiger partial charge < -0.3 is 33.3 Å². The van der Waals surface area contributed by atoms with Crippen molar-refractivity contribution in [1.82, 2.24) is 0 Å². The van der Waals surface area contributed by atoms with Crippen molar-refractivity contribution in [3.63, 3.8) is 0 Å². The molecule has 0 unspecified atom stereocenters. The van der Waals surface area contributed by atoms with Crippen LogP contribution < -0.4 is 19.1 Å². The van der Waals surface area contributed by atoms with Gasteiger partial charge in [0.25, 0.3) is 0 Å². The van der Waals surface area contributed by atoms with Crippen LogP contribution in [-0.2, 0) is 40.5 Å². The first-order valence-electron chi connectivity index (χ1n) is 14.1. The smallest absolute Gasteiger partial charge is 0.119 e. The summed E-state index contributed by atoms with van der Waals surface area (Å²) in [6, 6.07) is 32.7. The van der Waals surface area contributed by atoms with Crippen molar-refractivity contribution in [3.05, 3.63) is 119 Å². The van der Waals surface area contributed by atoms with E-state index < -0.39 is 0 Å². The van der Waals surface area contributed by atoms with E-state index in [-0.39, 0.29) is 0 Å². The molecule has 0 atom stereocenters. The van der Waals surface area contributed by atoms with Crippen molar-refractivity contribution >= 4 is 5.69 Å². The van der Waals surface area contributed by atoms with Crippen LogP contribution in [0.25, 0.3) is 0 Å². The molecule has 0 N–H and O–H groups in total. The Bertz CT molecular complexity index is 1310. The van der Waals surface area contributed by atoms with E-state index in [0.29, 0.717) is 39.6 Å². The lowest BCUT2D eigenvalue weighted by Crippen LogP contribution is -2.22. The summed E-state index contributed by atoms with van der Waals surface area (Å²) in [7, 11) is 5.05. The highest BCUT2D eigenvalue weighted by atomic mass is 16.5. The van der Waals surface area contributed by atoms with Crippen molar-refractivity contribution in [2.24, 2.45) is 0 Å². The largest absolute Gasteiger partial charge is 0.497 e. The number of benzene rings is 4. The van der Waals surface area contributed by atoms with E-state index in [4.69, 9.17) is 28.4 Å². The predicted molar refractivity (Wildman–Crippen MR) is 165 cm³/mol. The molecule has 7 heteroatoms. The first-order chi connectivity index (χ1) is 20.7. The van der Waals surface area contributed by atoms with E-state index in [9.17, 15) is 0 Å². The van der Waals surface area contributed by atoms with Crippen LogP contribution in [0.5, 0.6) is 17.2 Å². The summed E-state index contributed by atoms with van der Waals surface area (Å²) in [5.74, 6) is 2.53. The van der Waals surface area contributed by atoms with Gasteiger partial charge in [0.2, 0.25) is 0 Å². The molecule has 0 aliphatic heterocycles. The molecule has 0 spiro atoms. The van der Waals surface area contributed by atoms with Gasteiger partial charge in [-0.1, -0.05) is 48.5 Å². The molecule has 42 heavy (non-hydrogen) atoms. The third kappa shape index (κ3) is 10.1. The lowest BCUT2D eigenvalue weighted by Gasteiger charge is -2.26. The van der Waals surface area contributed by atoms with Gasteiger partial charge in [0.15, 0.2) is 0 Å². The molecule has 7 nitrogen and oxygen atoms in total. The second kappa shape index (κ2) is 17.0. The Morgan fingerprint density at radius 1 is 0.452 bits per heavy atom. The van der Waals surface area contributed by atoms with Crippen LogP contribution in [0.3, 0.4) is 0 Å². The summed E-state index contributed by atoms with van der Waals surface area (Å²) in [5.41, 5.74) is 5.64. The first-order valence-corrected chi connectivity index (χ1v) is 14.1. The van der Waals surface area contributed by atoms with E-state index in [1.807, 2.05) is 48.5 Å². The second-order valence-corrected chi connectivity index (χ2v) is 9.80. The van der Waals surface area contributed by atoms with Gasteiger partial charge in [-0.25, -0.2) is 0 Å². The summed E-state index contributed by atoms with van der Waals surface area (Å²) in [6.07, 6.45) is 0. The van der Waals surface area contributed by atoms with Gasteiger partial charge in [-0.3, -0.25) is 0 Å². The molecule has 4 rings (SSSR count). The van der Waals surface area contributed by atoms with Gasteiger partial charge in [-0.2, -0.15) is 0 Å². The Morgan fingerprint density at radius 2 is 0.857 bits per heavy atom. The molecule has 0 amide bonds. The van der Waals surface area contributed by atoms with Gasteiger partial charge >= 0.3 is 0 Å². The molecular weight excluding hydrogens is 530 g/mol. The van der Waals surface area contributed by atoms with Gasteiger partial charge in [0.1, 0.15) is 17.2 Å². The average Bonchev–Trinajstić information content (AvgIpc) is 3.04. The third-order valence-corrected chi connectivity index (χ3v) is 6.71. The number of hydrogen-bond acceptors (Lipinski definition) is 7. The maximum absolute atomic E-state index is 5.92. The van der Waals surface area contributed by atoms with Crippen molar-refractivity contribution < 1.29 is 28.4 Å².